The minimum absolute atomic E-state index is 0. The van der Waals surface area contributed by atoms with Crippen LogP contribution >= 0.6 is 11.6 Å². The van der Waals surface area contributed by atoms with Gasteiger partial charge in [-0.2, -0.15) is 18.2 Å². The Kier molecular flexibility index (Phi) is 12.3. The molecule has 185 valence electrons. The van der Waals surface area contributed by atoms with Gasteiger partial charge < -0.3 is 29.6 Å². The molecule has 36 heavy (non-hydrogen) atoms. The monoisotopic (exact) mass is 585 g/mol. The first-order valence-electron chi connectivity index (χ1n) is 10.3. The van der Waals surface area contributed by atoms with Gasteiger partial charge in [-0.3, -0.25) is 0 Å². The molecule has 0 fully saturated rings. The van der Waals surface area contributed by atoms with E-state index in [1.807, 2.05) is 30.3 Å². The summed E-state index contributed by atoms with van der Waals surface area (Å²) in [5.41, 5.74) is 2.27. The zero-order valence-corrected chi connectivity index (χ0v) is 23.1. The van der Waals surface area contributed by atoms with Crippen molar-refractivity contribution >= 4 is 46.2 Å². The molecule has 0 spiro atoms. The summed E-state index contributed by atoms with van der Waals surface area (Å²) >= 11 is 5.89. The van der Waals surface area contributed by atoms with E-state index in [4.69, 9.17) is 25.9 Å². The molecule has 0 amide bonds. The molecule has 0 unspecified atom stereocenters. The Labute approximate surface area is 238 Å². The first-order chi connectivity index (χ1) is 17.0. The van der Waals surface area contributed by atoms with E-state index in [0.717, 1.165) is 11.1 Å². The maximum Gasteiger partial charge on any atom is 0.162 e. The standard InChI is InChI=1S/C23H19ClFN4O2.C2H3O2.Y/c1-30-21-13-20-17(12-22(21)31-10-9-26-15-5-3-2-4-6-15)23(28-14-27-20)29-16-7-8-19(25)18(24)11-16;1-4-2-3;/h3-8,11-14,26H,9-10H2,1H3,(H,27,28,29);1H3;/q2*-1;. The van der Waals surface area contributed by atoms with Crippen LogP contribution in [-0.4, -0.2) is 43.8 Å². The van der Waals surface area contributed by atoms with Crippen LogP contribution in [0.4, 0.5) is 21.6 Å². The van der Waals surface area contributed by atoms with Gasteiger partial charge >= 0.3 is 0 Å². The summed E-state index contributed by atoms with van der Waals surface area (Å²) in [6.07, 6.45) is 1.44. The molecule has 3 aromatic carbocycles. The molecular formula is C25H22ClFN4O4Y-2. The van der Waals surface area contributed by atoms with Crippen molar-refractivity contribution in [2.75, 3.05) is 38.0 Å². The zero-order valence-electron chi connectivity index (χ0n) is 19.5. The Morgan fingerprint density at radius 1 is 1.06 bits per heavy atom. The minimum atomic E-state index is -0.484. The maximum atomic E-state index is 13.5. The number of benzene rings is 3. The van der Waals surface area contributed by atoms with Crippen molar-refractivity contribution in [2.45, 2.75) is 0 Å². The summed E-state index contributed by atoms with van der Waals surface area (Å²) in [5, 5.41) is 7.18. The van der Waals surface area contributed by atoms with Crippen molar-refractivity contribution in [3.8, 4) is 11.5 Å². The molecule has 0 aliphatic rings. The van der Waals surface area contributed by atoms with E-state index in [0.29, 0.717) is 41.7 Å². The van der Waals surface area contributed by atoms with Gasteiger partial charge in [-0.15, -0.1) is 12.1 Å². The Balaban J connectivity index is 0.000000850. The number of aromatic nitrogens is 2. The topological polar surface area (TPSA) is 94.6 Å². The first kappa shape index (κ1) is 29.2. The number of nitrogens with zero attached hydrogens (tertiary/aromatic N) is 2. The number of nitrogens with one attached hydrogen (secondary N) is 2. The number of carbonyl (C=O) groups excluding carboxylic acids is 1. The Bertz CT molecular complexity index is 1270. The van der Waals surface area contributed by atoms with E-state index in [9.17, 15) is 4.39 Å². The van der Waals surface area contributed by atoms with Crippen molar-refractivity contribution in [3.05, 3.63) is 77.8 Å². The van der Waals surface area contributed by atoms with Gasteiger partial charge in [0.05, 0.1) is 17.6 Å². The summed E-state index contributed by atoms with van der Waals surface area (Å²) in [6.45, 7) is 2.21. The molecule has 0 aliphatic heterocycles. The number of hydrogen-bond donors (Lipinski definition) is 2. The molecule has 1 radical (unpaired) electrons. The van der Waals surface area contributed by atoms with Gasteiger partial charge in [0, 0.05) is 63.5 Å². The molecule has 0 bridgehead atoms. The van der Waals surface area contributed by atoms with Crippen LogP contribution in [0.2, 0.25) is 5.02 Å². The van der Waals surface area contributed by atoms with Crippen molar-refractivity contribution in [1.29, 1.82) is 0 Å². The average molecular weight is 586 g/mol. The van der Waals surface area contributed by atoms with Crippen LogP contribution in [0.5, 0.6) is 11.5 Å². The summed E-state index contributed by atoms with van der Waals surface area (Å²) in [7, 11) is 2.83. The second-order valence-electron chi connectivity index (χ2n) is 6.85. The molecule has 1 aromatic heterocycles. The Hall–Kier alpha value is -3.01. The van der Waals surface area contributed by atoms with E-state index in [-0.39, 0.29) is 37.7 Å². The maximum absolute atomic E-state index is 13.5. The van der Waals surface area contributed by atoms with Gasteiger partial charge in [-0.05, 0) is 24.3 Å². The second-order valence-corrected chi connectivity index (χ2v) is 7.25. The number of ether oxygens (including phenoxy) is 3. The van der Waals surface area contributed by atoms with Crippen LogP contribution in [-0.2, 0) is 42.2 Å². The number of fused-ring (bicyclic) bond motifs is 1. The van der Waals surface area contributed by atoms with Crippen molar-refractivity contribution in [2.24, 2.45) is 0 Å². The van der Waals surface area contributed by atoms with Crippen LogP contribution in [0.25, 0.3) is 10.9 Å². The van der Waals surface area contributed by atoms with Crippen LogP contribution in [0.3, 0.4) is 0 Å². The van der Waals surface area contributed by atoms with Crippen LogP contribution in [0.1, 0.15) is 0 Å². The van der Waals surface area contributed by atoms with Crippen molar-refractivity contribution < 1.29 is 56.1 Å². The van der Waals surface area contributed by atoms with Crippen molar-refractivity contribution in [3.63, 3.8) is 0 Å². The SMILES string of the molecule is CO[C-]=O.COc1cc2ncnc(Nc3ccc(F)c(Cl)c3)c2cc1OCCNc1cc[c-]cc1.[Y]. The van der Waals surface area contributed by atoms with Gasteiger partial charge in [-0.1, -0.05) is 23.8 Å². The smallest absolute Gasteiger partial charge is 0.162 e. The van der Waals surface area contributed by atoms with Gasteiger partial charge in [-0.25, -0.2) is 14.4 Å². The largest absolute Gasteiger partial charge is 0.655 e. The fourth-order valence-electron chi connectivity index (χ4n) is 3.01. The summed E-state index contributed by atoms with van der Waals surface area (Å²) in [5.74, 6) is 1.19. The second kappa shape index (κ2) is 15.2. The van der Waals surface area contributed by atoms with Gasteiger partial charge in [0.25, 0.3) is 0 Å². The molecule has 8 nitrogen and oxygen atoms in total. The average Bonchev–Trinajstić information content (AvgIpc) is 2.89. The molecule has 2 N–H and O–H groups in total. The quantitative estimate of drug-likeness (QED) is 0.205. The summed E-state index contributed by atoms with van der Waals surface area (Å²) in [6, 6.07) is 18.5. The molecule has 0 saturated heterocycles. The van der Waals surface area contributed by atoms with Crippen LogP contribution < -0.4 is 20.1 Å². The minimum Gasteiger partial charge on any atom is -0.655 e. The fraction of sp³-hybridized carbons (Fsp3) is 0.160. The van der Waals surface area contributed by atoms with E-state index in [1.165, 1.54) is 32.0 Å². The number of anilines is 3. The molecule has 0 saturated carbocycles. The fourth-order valence-corrected chi connectivity index (χ4v) is 3.19. The van der Waals surface area contributed by atoms with E-state index >= 15 is 0 Å². The molecule has 4 rings (SSSR count). The van der Waals surface area contributed by atoms with Crippen LogP contribution in [0, 0.1) is 11.9 Å². The first-order valence-corrected chi connectivity index (χ1v) is 10.7. The number of halogens is 2. The summed E-state index contributed by atoms with van der Waals surface area (Å²) < 4.78 is 28.6. The molecule has 0 aliphatic carbocycles. The Morgan fingerprint density at radius 2 is 1.81 bits per heavy atom. The molecular weight excluding hydrogens is 564 g/mol. The van der Waals surface area contributed by atoms with Gasteiger partial charge in [0.2, 0.25) is 0 Å². The normalized spacial score (nSPS) is 9.78. The van der Waals surface area contributed by atoms with E-state index in [2.05, 4.69) is 31.4 Å². The number of hydrogen-bond acceptors (Lipinski definition) is 8. The van der Waals surface area contributed by atoms with E-state index < -0.39 is 5.82 Å². The van der Waals surface area contributed by atoms with Crippen LogP contribution in [0.15, 0.2) is 60.9 Å². The van der Waals surface area contributed by atoms with E-state index in [1.54, 1.807) is 19.2 Å². The van der Waals surface area contributed by atoms with Gasteiger partial charge in [0.1, 0.15) is 24.6 Å². The Morgan fingerprint density at radius 3 is 2.47 bits per heavy atom. The third-order valence-electron chi connectivity index (χ3n) is 4.59. The summed E-state index contributed by atoms with van der Waals surface area (Å²) in [4.78, 5) is 17.5. The molecule has 1 heterocycles. The zero-order chi connectivity index (χ0) is 25.0. The third-order valence-corrected chi connectivity index (χ3v) is 4.88. The predicted octanol–water partition coefficient (Wildman–Crippen LogP) is 5.16. The molecule has 11 heteroatoms. The molecule has 0 atom stereocenters. The number of rotatable bonds is 9. The van der Waals surface area contributed by atoms with Gasteiger partial charge in [0.15, 0.2) is 11.5 Å². The molecule has 4 aromatic rings. The number of methoxy groups -OCH3 is 2. The van der Waals surface area contributed by atoms with Crippen molar-refractivity contribution in [1.82, 2.24) is 9.97 Å². The third kappa shape index (κ3) is 8.29. The predicted molar refractivity (Wildman–Crippen MR) is 133 cm³/mol.